The number of hydrogen-bond acceptors (Lipinski definition) is 5. The van der Waals surface area contributed by atoms with Crippen molar-refractivity contribution in [3.63, 3.8) is 0 Å². The lowest BCUT2D eigenvalue weighted by atomic mass is 9.92. The van der Waals surface area contributed by atoms with E-state index in [0.717, 1.165) is 18.9 Å². The molecule has 0 bridgehead atoms. The molecule has 2 N–H and O–H groups in total. The average Bonchev–Trinajstić information content (AvgIpc) is 2.57. The molecule has 1 aliphatic heterocycles. The van der Waals surface area contributed by atoms with Crippen LogP contribution in [0.1, 0.15) is 32.4 Å². The number of alkyl halides is 3. The smallest absolute Gasteiger partial charge is 0.385 e. The SMILES string of the molecule is COCCCNC(=S)Nc1nc(N2C[C@H](C)C[C@H](C)C2)cc(C(F)(F)F)n1. The molecule has 27 heavy (non-hydrogen) atoms. The fourth-order valence-electron chi connectivity index (χ4n) is 3.21. The Hall–Kier alpha value is -1.68. The van der Waals surface area contributed by atoms with Crippen LogP contribution in [0.3, 0.4) is 0 Å². The third-order valence-corrected chi connectivity index (χ3v) is 4.48. The van der Waals surface area contributed by atoms with Crippen molar-refractivity contribution in [2.45, 2.75) is 32.9 Å². The van der Waals surface area contributed by atoms with Gasteiger partial charge in [-0.3, -0.25) is 0 Å². The summed E-state index contributed by atoms with van der Waals surface area (Å²) in [6.45, 7) is 6.60. The summed E-state index contributed by atoms with van der Waals surface area (Å²) in [5, 5.41) is 5.74. The highest BCUT2D eigenvalue weighted by atomic mass is 32.1. The highest BCUT2D eigenvalue weighted by Gasteiger charge is 2.35. The zero-order valence-corrected chi connectivity index (χ0v) is 16.6. The number of halogens is 3. The molecule has 6 nitrogen and oxygen atoms in total. The van der Waals surface area contributed by atoms with Gasteiger partial charge < -0.3 is 20.3 Å². The van der Waals surface area contributed by atoms with Crippen molar-refractivity contribution in [2.24, 2.45) is 11.8 Å². The van der Waals surface area contributed by atoms with Gasteiger partial charge in [0.1, 0.15) is 5.82 Å². The van der Waals surface area contributed by atoms with E-state index in [1.165, 1.54) is 0 Å². The van der Waals surface area contributed by atoms with Crippen LogP contribution in [0, 0.1) is 11.8 Å². The van der Waals surface area contributed by atoms with Crippen molar-refractivity contribution in [1.82, 2.24) is 15.3 Å². The molecule has 2 heterocycles. The predicted molar refractivity (Wildman–Crippen MR) is 103 cm³/mol. The second kappa shape index (κ2) is 9.50. The first kappa shape index (κ1) is 21.6. The van der Waals surface area contributed by atoms with Crippen LogP contribution in [0.2, 0.25) is 0 Å². The van der Waals surface area contributed by atoms with Crippen molar-refractivity contribution in [3.05, 3.63) is 11.8 Å². The number of piperidine rings is 1. The second-order valence-electron chi connectivity index (χ2n) is 7.01. The Bertz CT molecular complexity index is 633. The number of nitrogens with zero attached hydrogens (tertiary/aromatic N) is 3. The van der Waals surface area contributed by atoms with E-state index in [1.807, 2.05) is 4.90 Å². The highest BCUT2D eigenvalue weighted by Crippen LogP contribution is 2.32. The molecule has 2 atom stereocenters. The van der Waals surface area contributed by atoms with Crippen molar-refractivity contribution in [1.29, 1.82) is 0 Å². The maximum Gasteiger partial charge on any atom is 0.433 e. The predicted octanol–water partition coefficient (Wildman–Crippen LogP) is 3.30. The van der Waals surface area contributed by atoms with Gasteiger partial charge in [-0.2, -0.15) is 18.2 Å². The average molecular weight is 405 g/mol. The van der Waals surface area contributed by atoms with Gasteiger partial charge in [0.2, 0.25) is 5.95 Å². The van der Waals surface area contributed by atoms with Gasteiger partial charge in [0.05, 0.1) is 0 Å². The number of nitrogens with one attached hydrogen (secondary N) is 2. The topological polar surface area (TPSA) is 62.3 Å². The van der Waals surface area contributed by atoms with Gasteiger partial charge in [-0.05, 0) is 36.9 Å². The molecule has 0 spiro atoms. The van der Waals surface area contributed by atoms with E-state index in [0.29, 0.717) is 38.1 Å². The van der Waals surface area contributed by atoms with Crippen LogP contribution in [-0.2, 0) is 10.9 Å². The van der Waals surface area contributed by atoms with Crippen molar-refractivity contribution in [3.8, 4) is 0 Å². The molecule has 0 amide bonds. The van der Waals surface area contributed by atoms with Gasteiger partial charge in [0.25, 0.3) is 0 Å². The molecule has 10 heteroatoms. The second-order valence-corrected chi connectivity index (χ2v) is 7.42. The summed E-state index contributed by atoms with van der Waals surface area (Å²) in [5.74, 6) is 0.881. The minimum Gasteiger partial charge on any atom is -0.385 e. The minimum absolute atomic E-state index is 0.157. The number of thiocarbonyl (C=S) groups is 1. The third kappa shape index (κ3) is 6.76. The van der Waals surface area contributed by atoms with E-state index in [-0.39, 0.29) is 16.9 Å². The Kier molecular flexibility index (Phi) is 7.60. The van der Waals surface area contributed by atoms with Crippen LogP contribution >= 0.6 is 12.2 Å². The molecule has 0 saturated carbocycles. The first-order chi connectivity index (χ1) is 12.7. The monoisotopic (exact) mass is 405 g/mol. The molecule has 1 aliphatic rings. The summed E-state index contributed by atoms with van der Waals surface area (Å²) in [4.78, 5) is 9.76. The van der Waals surface area contributed by atoms with E-state index < -0.39 is 11.9 Å². The number of hydrogen-bond donors (Lipinski definition) is 2. The molecule has 1 aromatic heterocycles. The fraction of sp³-hybridized carbons (Fsp3) is 0.706. The van der Waals surface area contributed by atoms with Crippen LogP contribution in [0.15, 0.2) is 6.07 Å². The van der Waals surface area contributed by atoms with E-state index in [4.69, 9.17) is 17.0 Å². The highest BCUT2D eigenvalue weighted by molar-refractivity contribution is 7.80. The fourth-order valence-corrected chi connectivity index (χ4v) is 3.41. The molecule has 0 radical (unpaired) electrons. The van der Waals surface area contributed by atoms with Crippen molar-refractivity contribution < 1.29 is 17.9 Å². The summed E-state index contributed by atoms with van der Waals surface area (Å²) in [7, 11) is 1.59. The number of anilines is 2. The van der Waals surface area contributed by atoms with Crippen LogP contribution in [0.4, 0.5) is 24.9 Å². The van der Waals surface area contributed by atoms with Crippen molar-refractivity contribution in [2.75, 3.05) is 43.6 Å². The molecule has 1 saturated heterocycles. The molecule has 0 aromatic carbocycles. The van der Waals surface area contributed by atoms with Gasteiger partial charge in [-0.1, -0.05) is 13.8 Å². The molecule has 0 unspecified atom stereocenters. The summed E-state index contributed by atoms with van der Waals surface area (Å²) in [6, 6.07) is 1.00. The number of aromatic nitrogens is 2. The normalized spacial score (nSPS) is 20.4. The molecular formula is C17H26F3N5OS. The van der Waals surface area contributed by atoms with Crippen LogP contribution in [0.25, 0.3) is 0 Å². The summed E-state index contributed by atoms with van der Waals surface area (Å²) in [6.07, 6.45) is -2.79. The standard InChI is InChI=1S/C17H26F3N5OS/c1-11-7-12(2)10-25(9-11)14-8-13(17(18,19)20)22-15(23-14)24-16(27)21-5-4-6-26-3/h8,11-12H,4-7,9-10H2,1-3H3,(H2,21,22,23,24,27)/t11-,12+. The van der Waals surface area contributed by atoms with Gasteiger partial charge in [0, 0.05) is 39.4 Å². The zero-order valence-electron chi connectivity index (χ0n) is 15.8. The molecule has 1 fully saturated rings. The minimum atomic E-state index is -4.56. The maximum absolute atomic E-state index is 13.3. The summed E-state index contributed by atoms with van der Waals surface area (Å²) < 4.78 is 44.8. The van der Waals surface area contributed by atoms with E-state index >= 15 is 0 Å². The van der Waals surface area contributed by atoms with Gasteiger partial charge in [-0.25, -0.2) is 4.98 Å². The van der Waals surface area contributed by atoms with Gasteiger partial charge in [0.15, 0.2) is 10.8 Å². The number of methoxy groups -OCH3 is 1. The molecule has 1 aromatic rings. The molecule has 0 aliphatic carbocycles. The van der Waals surface area contributed by atoms with Gasteiger partial charge in [-0.15, -0.1) is 0 Å². The quantitative estimate of drug-likeness (QED) is 0.556. The van der Waals surface area contributed by atoms with E-state index in [2.05, 4.69) is 34.4 Å². The number of rotatable bonds is 6. The summed E-state index contributed by atoms with van der Waals surface area (Å²) in [5.41, 5.74) is -0.983. The number of ether oxygens (including phenoxy) is 1. The van der Waals surface area contributed by atoms with Crippen LogP contribution in [0.5, 0.6) is 0 Å². The Balaban J connectivity index is 2.17. The Morgan fingerprint density at radius 1 is 1.30 bits per heavy atom. The molecule has 2 rings (SSSR count). The first-order valence-electron chi connectivity index (χ1n) is 8.94. The van der Waals surface area contributed by atoms with Crippen LogP contribution < -0.4 is 15.5 Å². The van der Waals surface area contributed by atoms with Crippen LogP contribution in [-0.4, -0.2) is 48.4 Å². The Morgan fingerprint density at radius 3 is 2.56 bits per heavy atom. The first-order valence-corrected chi connectivity index (χ1v) is 9.35. The zero-order chi connectivity index (χ0) is 20.0. The van der Waals surface area contributed by atoms with Crippen molar-refractivity contribution >= 4 is 29.1 Å². The Morgan fingerprint density at radius 2 is 1.96 bits per heavy atom. The lowest BCUT2D eigenvalue weighted by molar-refractivity contribution is -0.141. The molecular weight excluding hydrogens is 379 g/mol. The van der Waals surface area contributed by atoms with E-state index in [9.17, 15) is 13.2 Å². The summed E-state index contributed by atoms with van der Waals surface area (Å²) >= 11 is 5.12. The third-order valence-electron chi connectivity index (χ3n) is 4.23. The molecule has 152 valence electrons. The largest absolute Gasteiger partial charge is 0.433 e. The lowest BCUT2D eigenvalue weighted by Gasteiger charge is -2.36. The maximum atomic E-state index is 13.3. The Labute approximate surface area is 162 Å². The lowest BCUT2D eigenvalue weighted by Crippen LogP contribution is -2.39. The van der Waals surface area contributed by atoms with E-state index in [1.54, 1.807) is 7.11 Å². The van der Waals surface area contributed by atoms with Gasteiger partial charge >= 0.3 is 6.18 Å².